The van der Waals surface area contributed by atoms with Crippen LogP contribution in [0.2, 0.25) is 0 Å². The number of hydrogen-bond donors (Lipinski definition) is 6. The Bertz CT molecular complexity index is 691. The number of hydrogen-bond acceptors (Lipinski definition) is 8. The number of phosphoric acid groups is 1. The summed E-state index contributed by atoms with van der Waals surface area (Å²) in [6.45, 7) is 1.42. The monoisotopic (exact) mass is 391 g/mol. The summed E-state index contributed by atoms with van der Waals surface area (Å²) in [6.07, 6.45) is 3.75. The lowest BCUT2D eigenvalue weighted by Gasteiger charge is -2.16. The molecule has 1 aromatic rings. The fourth-order valence-electron chi connectivity index (χ4n) is 1.88. The zero-order valence-corrected chi connectivity index (χ0v) is 14.9. The Balaban J connectivity index is 2.91. The summed E-state index contributed by atoms with van der Waals surface area (Å²) in [4.78, 5) is 32.8. The first-order chi connectivity index (χ1) is 12.2. The van der Waals surface area contributed by atoms with Gasteiger partial charge in [-0.15, -0.1) is 0 Å². The van der Waals surface area contributed by atoms with Crippen LogP contribution >= 0.6 is 7.82 Å². The number of aliphatic carboxylic acids is 1. The Morgan fingerprint density at radius 3 is 2.77 bits per heavy atom. The lowest BCUT2D eigenvalue weighted by molar-refractivity contribution is -0.138. The smallest absolute Gasteiger partial charge is 0.469 e. The van der Waals surface area contributed by atoms with E-state index in [0.29, 0.717) is 0 Å². The van der Waals surface area contributed by atoms with Crippen LogP contribution < -0.4 is 11.1 Å². The molecule has 12 heteroatoms. The number of nitrogens with two attached hydrogens (primary N) is 1. The van der Waals surface area contributed by atoms with Crippen molar-refractivity contribution in [3.05, 3.63) is 35.4 Å². The van der Waals surface area contributed by atoms with E-state index >= 15 is 0 Å². The van der Waals surface area contributed by atoms with Crippen molar-refractivity contribution in [1.29, 1.82) is 0 Å². The zero-order valence-electron chi connectivity index (χ0n) is 14.0. The second-order valence-corrected chi connectivity index (χ2v) is 6.38. The third-order valence-electron chi connectivity index (χ3n) is 3.19. The van der Waals surface area contributed by atoms with Crippen molar-refractivity contribution in [3.8, 4) is 5.75 Å². The van der Waals surface area contributed by atoms with Gasteiger partial charge in [0.15, 0.2) is 0 Å². The number of nitrogens with one attached hydrogen (secondary N) is 1. The first kappa shape index (κ1) is 22.0. The number of aromatic nitrogens is 1. The van der Waals surface area contributed by atoms with E-state index in [1.807, 2.05) is 0 Å². The van der Waals surface area contributed by atoms with Gasteiger partial charge in [-0.3, -0.25) is 19.6 Å². The van der Waals surface area contributed by atoms with Crippen LogP contribution in [0.15, 0.2) is 18.5 Å². The molecule has 0 spiro atoms. The summed E-state index contributed by atoms with van der Waals surface area (Å²) in [5, 5.41) is 22.0. The van der Waals surface area contributed by atoms with E-state index in [0.717, 1.165) is 0 Å². The van der Waals surface area contributed by atoms with Crippen molar-refractivity contribution in [3.63, 3.8) is 0 Å². The second kappa shape index (κ2) is 10.2. The minimum atomic E-state index is -4.72. The summed E-state index contributed by atoms with van der Waals surface area (Å²) in [7, 11) is -4.72. The Labute approximate surface area is 149 Å². The lowest BCUT2D eigenvalue weighted by atomic mass is 10.1. The maximum Gasteiger partial charge on any atom is 0.469 e. The molecule has 146 valence electrons. The van der Waals surface area contributed by atoms with Gasteiger partial charge in [-0.2, -0.15) is 0 Å². The highest BCUT2D eigenvalue weighted by molar-refractivity contribution is 7.46. The molecule has 1 rings (SSSR count). The molecule has 0 fully saturated rings. The average Bonchev–Trinajstić information content (AvgIpc) is 2.55. The highest BCUT2D eigenvalue weighted by Crippen LogP contribution is 2.38. The van der Waals surface area contributed by atoms with Crippen LogP contribution in [0.4, 0.5) is 0 Å². The third kappa shape index (κ3) is 7.48. The third-order valence-corrected chi connectivity index (χ3v) is 3.65. The predicted molar refractivity (Wildman–Crippen MR) is 89.9 cm³/mol. The largest absolute Gasteiger partial charge is 0.506 e. The van der Waals surface area contributed by atoms with Crippen LogP contribution in [-0.2, 0) is 31.8 Å². The first-order valence-corrected chi connectivity index (χ1v) is 8.99. The van der Waals surface area contributed by atoms with Crippen LogP contribution in [0.3, 0.4) is 0 Å². The molecule has 11 nitrogen and oxygen atoms in total. The number of ether oxygens (including phenoxy) is 1. The van der Waals surface area contributed by atoms with E-state index in [1.165, 1.54) is 25.5 Å². The molecule has 0 aliphatic carbocycles. The van der Waals surface area contributed by atoms with Gasteiger partial charge in [-0.1, -0.05) is 0 Å². The van der Waals surface area contributed by atoms with Gasteiger partial charge in [0.2, 0.25) is 0 Å². The first-order valence-electron chi connectivity index (χ1n) is 7.46. The maximum atomic E-state index is 11.3. The maximum absolute atomic E-state index is 11.3. The molecule has 1 atom stereocenters. The minimum absolute atomic E-state index is 0.118. The number of rotatable bonds is 11. The van der Waals surface area contributed by atoms with E-state index in [4.69, 9.17) is 20.3 Å². The molecular weight excluding hydrogens is 369 g/mol. The number of aryl methyl sites for hydroxylation is 1. The number of nitrogens with zero attached hydrogens (tertiary/aromatic N) is 1. The van der Waals surface area contributed by atoms with Crippen molar-refractivity contribution in [2.45, 2.75) is 26.1 Å². The van der Waals surface area contributed by atoms with Gasteiger partial charge < -0.3 is 30.5 Å². The van der Waals surface area contributed by atoms with Crippen LogP contribution in [0.25, 0.3) is 0 Å². The van der Waals surface area contributed by atoms with E-state index in [1.54, 1.807) is 0 Å². The fourth-order valence-corrected chi connectivity index (χ4v) is 2.19. The van der Waals surface area contributed by atoms with Gasteiger partial charge in [0, 0.05) is 30.4 Å². The van der Waals surface area contributed by atoms with Gasteiger partial charge in [-0.05, 0) is 13.0 Å². The van der Waals surface area contributed by atoms with Crippen molar-refractivity contribution < 1.29 is 38.6 Å². The fraction of sp³-hybridized carbons (Fsp3) is 0.429. The normalized spacial score (nSPS) is 13.1. The Kier molecular flexibility index (Phi) is 8.66. The topological polar surface area (TPSA) is 184 Å². The van der Waals surface area contributed by atoms with Crippen LogP contribution in [0.5, 0.6) is 5.75 Å². The van der Waals surface area contributed by atoms with Crippen molar-refractivity contribution in [1.82, 2.24) is 10.3 Å². The summed E-state index contributed by atoms with van der Waals surface area (Å²) in [5.74, 6) is -1.41. The molecule has 0 amide bonds. The molecule has 0 saturated carbocycles. The van der Waals surface area contributed by atoms with E-state index in [-0.39, 0.29) is 42.3 Å². The molecule has 7 N–H and O–H groups in total. The molecule has 0 bridgehead atoms. The highest BCUT2D eigenvalue weighted by Gasteiger charge is 2.20. The van der Waals surface area contributed by atoms with E-state index in [2.05, 4.69) is 14.8 Å². The Morgan fingerprint density at radius 2 is 2.19 bits per heavy atom. The molecule has 0 aromatic carbocycles. The number of carbonyl (C=O) groups is 1. The van der Waals surface area contributed by atoms with Crippen LogP contribution in [0, 0.1) is 6.92 Å². The number of aromatic hydroxyl groups is 1. The van der Waals surface area contributed by atoms with E-state index in [9.17, 15) is 19.6 Å². The van der Waals surface area contributed by atoms with Gasteiger partial charge in [0.1, 0.15) is 11.8 Å². The summed E-state index contributed by atoms with van der Waals surface area (Å²) >= 11 is 0. The molecule has 26 heavy (non-hydrogen) atoms. The van der Waals surface area contributed by atoms with Crippen molar-refractivity contribution >= 4 is 13.8 Å². The SMILES string of the molecule is Cc1ncc(COP(=O)(O)O)c(CN[C@H](/C=C/OCCN)C(=O)O)c1O. The molecule has 1 heterocycles. The van der Waals surface area contributed by atoms with Gasteiger partial charge in [0.05, 0.1) is 25.2 Å². The molecular formula is C14H22N3O8P. The van der Waals surface area contributed by atoms with Crippen molar-refractivity contribution in [2.24, 2.45) is 5.73 Å². The Hall–Kier alpha value is -2.01. The number of phosphoric ester groups is 1. The van der Waals surface area contributed by atoms with Crippen LogP contribution in [0.1, 0.15) is 16.8 Å². The minimum Gasteiger partial charge on any atom is -0.506 e. The summed E-state index contributed by atoms with van der Waals surface area (Å²) in [6, 6.07) is -1.13. The van der Waals surface area contributed by atoms with Crippen molar-refractivity contribution in [2.75, 3.05) is 13.2 Å². The van der Waals surface area contributed by atoms with Crippen LogP contribution in [-0.4, -0.2) is 50.1 Å². The Morgan fingerprint density at radius 1 is 1.50 bits per heavy atom. The van der Waals surface area contributed by atoms with Gasteiger partial charge in [0.25, 0.3) is 0 Å². The number of carboxylic acids is 1. The summed E-state index contributed by atoms with van der Waals surface area (Å²) < 4.78 is 20.3. The number of carboxylic acid groups (broad SMARTS) is 1. The molecule has 0 radical (unpaired) electrons. The van der Waals surface area contributed by atoms with Gasteiger partial charge in [-0.25, -0.2) is 4.57 Å². The molecule has 0 aliphatic heterocycles. The number of pyridine rings is 1. The van der Waals surface area contributed by atoms with E-state index < -0.39 is 26.4 Å². The predicted octanol–water partition coefficient (Wildman–Crippen LogP) is -0.263. The quantitative estimate of drug-likeness (QED) is 0.166. The standard InChI is InChI=1S/C14H22N3O8P/c1-9-13(18)11(10(6-16-9)8-25-26(21,22)23)7-17-12(14(19)20)2-4-24-5-3-15/h2,4,6,12,17-18H,3,5,7-8,15H2,1H3,(H,19,20)(H2,21,22,23)/b4-2+/t12-/m1/s1. The highest BCUT2D eigenvalue weighted by atomic mass is 31.2. The molecule has 0 saturated heterocycles. The van der Waals surface area contributed by atoms with Gasteiger partial charge >= 0.3 is 13.8 Å². The summed E-state index contributed by atoms with van der Waals surface area (Å²) in [5.41, 5.74) is 5.95. The molecule has 0 unspecified atom stereocenters. The molecule has 1 aromatic heterocycles. The average molecular weight is 391 g/mol. The molecule has 0 aliphatic rings. The second-order valence-electron chi connectivity index (χ2n) is 5.14. The zero-order chi connectivity index (χ0) is 19.7. The lowest BCUT2D eigenvalue weighted by Crippen LogP contribution is -2.34.